The van der Waals surface area contributed by atoms with Gasteiger partial charge in [-0.1, -0.05) is 124 Å². The minimum absolute atomic E-state index is 0.349. The van der Waals surface area contributed by atoms with Crippen molar-refractivity contribution >= 4 is 0 Å². The predicted octanol–water partition coefficient (Wildman–Crippen LogP) is 7.97. The van der Waals surface area contributed by atoms with E-state index in [1.165, 1.54) is 12.8 Å². The second-order valence-corrected chi connectivity index (χ2v) is 10.1. The lowest BCUT2D eigenvalue weighted by atomic mass is 10.0. The van der Waals surface area contributed by atoms with E-state index in [2.05, 4.69) is 55.2 Å². The highest BCUT2D eigenvalue weighted by Gasteiger charge is 2.24. The smallest absolute Gasteiger partial charge is 0.410 e. The first kappa shape index (κ1) is 29.2. The number of hydrogen-bond acceptors (Lipinski definition) is 4. The zero-order valence-electron chi connectivity index (χ0n) is 23.8. The van der Waals surface area contributed by atoms with Crippen LogP contribution < -0.4 is 19.2 Å². The van der Waals surface area contributed by atoms with E-state index >= 15 is 0 Å². The molecule has 3 aromatic carbocycles. The van der Waals surface area contributed by atoms with E-state index in [0.29, 0.717) is 56.3 Å². The van der Waals surface area contributed by atoms with Gasteiger partial charge in [0, 0.05) is 6.07 Å². The molecule has 1 unspecified atom stereocenters. The highest BCUT2D eigenvalue weighted by molar-refractivity contribution is 5.39. The Morgan fingerprint density at radius 3 is 1.73 bits per heavy atom. The maximum Gasteiger partial charge on any atom is 0.410 e. The Labute approximate surface area is 239 Å². The predicted molar refractivity (Wildman–Crippen MR) is 158 cm³/mol. The molecule has 1 atom stereocenters. The topological polar surface area (TPSA) is 51.1 Å². The van der Waals surface area contributed by atoms with Crippen molar-refractivity contribution in [3.05, 3.63) is 119 Å². The number of H-pyrrole nitrogens is 1. The lowest BCUT2D eigenvalue weighted by Gasteiger charge is -2.16. The zero-order valence-corrected chi connectivity index (χ0v) is 23.8. The highest BCUT2D eigenvalue weighted by Crippen LogP contribution is 2.31. The lowest BCUT2D eigenvalue weighted by Crippen LogP contribution is -2.22. The van der Waals surface area contributed by atoms with E-state index in [4.69, 9.17) is 18.9 Å². The van der Waals surface area contributed by atoms with Gasteiger partial charge in [-0.2, -0.15) is 4.98 Å². The van der Waals surface area contributed by atoms with Crippen molar-refractivity contribution in [2.45, 2.75) is 66.0 Å². The van der Waals surface area contributed by atoms with E-state index < -0.39 is 0 Å². The molecule has 5 heteroatoms. The second kappa shape index (κ2) is 16.3. The van der Waals surface area contributed by atoms with Crippen molar-refractivity contribution in [2.24, 2.45) is 5.92 Å². The number of nitrogens with one attached hydrogen (secondary N) is 1. The van der Waals surface area contributed by atoms with E-state index in [-0.39, 0.29) is 0 Å². The van der Waals surface area contributed by atoms with Crippen LogP contribution in [0.2, 0.25) is 0 Å². The van der Waals surface area contributed by atoms with Crippen LogP contribution in [0.4, 0.5) is 0 Å². The molecule has 0 aliphatic rings. The van der Waals surface area contributed by atoms with Gasteiger partial charge >= 0.3 is 5.88 Å². The number of aromatic nitrogens is 1. The molecule has 40 heavy (non-hydrogen) atoms. The third-order valence-corrected chi connectivity index (χ3v) is 6.89. The van der Waals surface area contributed by atoms with Crippen LogP contribution in [0.15, 0.2) is 97.1 Å². The summed E-state index contributed by atoms with van der Waals surface area (Å²) in [5.41, 5.74) is 4.11. The molecule has 0 aliphatic carbocycles. The molecule has 210 valence electrons. The Bertz CT molecular complexity index is 1250. The second-order valence-electron chi connectivity index (χ2n) is 10.1. The van der Waals surface area contributed by atoms with Crippen molar-refractivity contribution in [2.75, 3.05) is 6.61 Å². The summed E-state index contributed by atoms with van der Waals surface area (Å²) in [6.07, 6.45) is 4.61. The maximum absolute atomic E-state index is 6.41. The molecule has 5 nitrogen and oxygen atoms in total. The average molecular weight is 541 g/mol. The van der Waals surface area contributed by atoms with E-state index in [0.717, 1.165) is 35.2 Å². The van der Waals surface area contributed by atoms with Crippen LogP contribution in [0, 0.1) is 5.92 Å². The molecule has 1 aromatic heterocycles. The van der Waals surface area contributed by atoms with Gasteiger partial charge in [-0.25, -0.2) is 0 Å². The number of pyridine rings is 1. The van der Waals surface area contributed by atoms with Crippen LogP contribution >= 0.6 is 0 Å². The van der Waals surface area contributed by atoms with Gasteiger partial charge in [0.15, 0.2) is 5.75 Å². The molecule has 0 fully saturated rings. The third kappa shape index (κ3) is 9.42. The summed E-state index contributed by atoms with van der Waals surface area (Å²) < 4.78 is 25.2. The highest BCUT2D eigenvalue weighted by atomic mass is 16.5. The van der Waals surface area contributed by atoms with Crippen LogP contribution in [0.5, 0.6) is 17.4 Å². The quantitative estimate of drug-likeness (QED) is 0.136. The van der Waals surface area contributed by atoms with Crippen molar-refractivity contribution in [1.29, 1.82) is 0 Å². The summed E-state index contributed by atoms with van der Waals surface area (Å²) in [5.74, 6) is 2.41. The van der Waals surface area contributed by atoms with Gasteiger partial charge in [-0.15, -0.1) is 0 Å². The number of hydrogen-bond donors (Lipinski definition) is 0. The van der Waals surface area contributed by atoms with E-state index in [9.17, 15) is 0 Å². The minimum atomic E-state index is 0.349. The Morgan fingerprint density at radius 2 is 1.18 bits per heavy atom. The molecule has 0 saturated heterocycles. The number of aromatic amines is 1. The number of unbranched alkanes of at least 4 members (excludes halogenated alkanes) is 1. The molecule has 0 amide bonds. The fourth-order valence-corrected chi connectivity index (χ4v) is 4.40. The van der Waals surface area contributed by atoms with Gasteiger partial charge in [0.2, 0.25) is 5.75 Å². The molecule has 4 rings (SSSR count). The van der Waals surface area contributed by atoms with Gasteiger partial charge in [-0.3, -0.25) is 0 Å². The zero-order chi connectivity index (χ0) is 27.8. The first-order valence-corrected chi connectivity index (χ1v) is 14.4. The summed E-state index contributed by atoms with van der Waals surface area (Å²) in [6, 6.07) is 32.4. The van der Waals surface area contributed by atoms with Crippen molar-refractivity contribution < 1.29 is 23.9 Å². The fraction of sp³-hybridized carbons (Fsp3) is 0.343. The van der Waals surface area contributed by atoms with E-state index in [1.807, 2.05) is 60.7 Å². The van der Waals surface area contributed by atoms with Gasteiger partial charge in [-0.05, 0) is 29.0 Å². The first-order chi connectivity index (χ1) is 19.7. The Kier molecular flexibility index (Phi) is 11.9. The van der Waals surface area contributed by atoms with Gasteiger partial charge in [0.25, 0.3) is 5.69 Å². The number of benzene rings is 3. The largest absolute Gasteiger partial charge is 0.482 e. The number of ether oxygens (including phenoxy) is 4. The fourth-order valence-electron chi connectivity index (χ4n) is 4.40. The lowest BCUT2D eigenvalue weighted by molar-refractivity contribution is -0.413. The average Bonchev–Trinajstić information content (AvgIpc) is 3.01. The van der Waals surface area contributed by atoms with Crippen molar-refractivity contribution in [3.63, 3.8) is 0 Å². The van der Waals surface area contributed by atoms with Crippen LogP contribution in [0.3, 0.4) is 0 Å². The minimum Gasteiger partial charge on any atom is -0.482 e. The van der Waals surface area contributed by atoms with Crippen LogP contribution in [-0.4, -0.2) is 6.61 Å². The molecule has 0 aliphatic heterocycles. The molecule has 0 saturated carbocycles. The molecule has 1 heterocycles. The summed E-state index contributed by atoms with van der Waals surface area (Å²) in [7, 11) is 0. The molecule has 4 aromatic rings. The first-order valence-electron chi connectivity index (χ1n) is 14.4. The Hall–Kier alpha value is -3.83. The summed E-state index contributed by atoms with van der Waals surface area (Å²) in [4.78, 5) is 3.48. The monoisotopic (exact) mass is 540 g/mol. The van der Waals surface area contributed by atoms with Gasteiger partial charge in [0.05, 0.1) is 13.2 Å². The molecule has 1 N–H and O–H groups in total. The Morgan fingerprint density at radius 1 is 0.625 bits per heavy atom. The van der Waals surface area contributed by atoms with Crippen LogP contribution in [0.25, 0.3) is 0 Å². The van der Waals surface area contributed by atoms with Crippen LogP contribution in [-0.2, 0) is 31.2 Å². The van der Waals surface area contributed by atoms with E-state index in [1.54, 1.807) is 0 Å². The molecule has 0 spiro atoms. The molecular weight excluding hydrogens is 498 g/mol. The maximum atomic E-state index is 6.41. The summed E-state index contributed by atoms with van der Waals surface area (Å²) >= 11 is 0. The van der Waals surface area contributed by atoms with Crippen molar-refractivity contribution in [3.8, 4) is 17.4 Å². The summed E-state index contributed by atoms with van der Waals surface area (Å²) in [5, 5.41) is 0. The van der Waals surface area contributed by atoms with Gasteiger partial charge < -0.3 is 18.9 Å². The van der Waals surface area contributed by atoms with Gasteiger partial charge in [0.1, 0.15) is 19.8 Å². The SMILES string of the molecule is CCCCC(CC)COc1[nH+]c(COCc2ccccc2)c(OCc2ccccc2)cc1OCc1ccccc1. The normalized spacial score (nSPS) is 11.7. The third-order valence-electron chi connectivity index (χ3n) is 6.89. The van der Waals surface area contributed by atoms with Crippen LogP contribution in [0.1, 0.15) is 61.9 Å². The number of rotatable bonds is 17. The Balaban J connectivity index is 1.58. The molecule has 0 bridgehead atoms. The molecular formula is C35H42NO4+. The summed E-state index contributed by atoms with van der Waals surface area (Å²) in [6.45, 7) is 6.80. The standard InChI is InChI=1S/C35H41NO4/c1-3-5-15-28(4-2)24-40-35-34(39-26-31-20-13-8-14-21-31)22-33(38-25-30-18-11-7-12-19-30)32(36-35)27-37-23-29-16-9-6-10-17-29/h6-14,16-22,28H,3-5,15,23-27H2,1-2H3/p+1. The van der Waals surface area contributed by atoms with Crippen molar-refractivity contribution in [1.82, 2.24) is 0 Å². The molecule has 0 radical (unpaired) electrons.